The van der Waals surface area contributed by atoms with E-state index >= 15 is 0 Å². The van der Waals surface area contributed by atoms with Crippen molar-refractivity contribution in [1.82, 2.24) is 5.43 Å². The summed E-state index contributed by atoms with van der Waals surface area (Å²) in [5.41, 5.74) is 5.78. The van der Waals surface area contributed by atoms with Crippen LogP contribution in [-0.2, 0) is 6.61 Å². The van der Waals surface area contributed by atoms with Crippen molar-refractivity contribution >= 4 is 40.3 Å². The van der Waals surface area contributed by atoms with Gasteiger partial charge in [-0.2, -0.15) is 5.10 Å². The van der Waals surface area contributed by atoms with Gasteiger partial charge in [0.15, 0.2) is 11.5 Å². The van der Waals surface area contributed by atoms with Gasteiger partial charge in [-0.15, -0.1) is 0 Å². The Kier molecular flexibility index (Phi) is 7.30. The molecule has 34 heavy (non-hydrogen) atoms. The summed E-state index contributed by atoms with van der Waals surface area (Å²) in [6.45, 7) is 2.26. The van der Waals surface area contributed by atoms with Crippen LogP contribution in [0.3, 0.4) is 0 Å². The molecule has 0 radical (unpaired) electrons. The van der Waals surface area contributed by atoms with Crippen LogP contribution >= 0.6 is 11.6 Å². The second kappa shape index (κ2) is 10.7. The number of hydrogen-bond acceptors (Lipinski definition) is 4. The molecule has 0 aliphatic carbocycles. The topological polar surface area (TPSA) is 72.0 Å². The maximum atomic E-state index is 12.1. The maximum absolute atomic E-state index is 12.1. The van der Waals surface area contributed by atoms with Crippen LogP contribution in [0.1, 0.15) is 16.7 Å². The number of carbonyl (C=O) groups excluding carboxylic acids is 1. The molecule has 0 aromatic heterocycles. The monoisotopic (exact) mass is 473 g/mol. The molecule has 6 nitrogen and oxygen atoms in total. The zero-order valence-electron chi connectivity index (χ0n) is 18.8. The van der Waals surface area contributed by atoms with Gasteiger partial charge >= 0.3 is 6.03 Å². The van der Waals surface area contributed by atoms with Crippen molar-refractivity contribution in [2.75, 3.05) is 12.4 Å². The first-order valence-corrected chi connectivity index (χ1v) is 11.0. The van der Waals surface area contributed by atoms with Crippen LogP contribution < -0.4 is 20.2 Å². The second-order valence-electron chi connectivity index (χ2n) is 7.64. The molecule has 0 fully saturated rings. The molecule has 4 rings (SSSR count). The maximum Gasteiger partial charge on any atom is 0.339 e. The molecule has 0 atom stereocenters. The van der Waals surface area contributed by atoms with Gasteiger partial charge < -0.3 is 14.8 Å². The number of rotatable bonds is 7. The molecule has 0 saturated carbocycles. The van der Waals surface area contributed by atoms with Crippen LogP contribution in [0.15, 0.2) is 84.0 Å². The number of benzene rings is 4. The number of fused-ring (bicyclic) bond motifs is 1. The SMILES string of the molecule is COc1cc(C=NNC(=O)Nc2ccccc2C)cc(Cl)c1OCc1ccc2ccccc2c1. The van der Waals surface area contributed by atoms with E-state index in [1.165, 1.54) is 11.6 Å². The Morgan fingerprint density at radius 3 is 2.56 bits per heavy atom. The smallest absolute Gasteiger partial charge is 0.339 e. The van der Waals surface area contributed by atoms with E-state index in [0.29, 0.717) is 34.4 Å². The minimum Gasteiger partial charge on any atom is -0.493 e. The number of methoxy groups -OCH3 is 1. The first-order valence-electron chi connectivity index (χ1n) is 10.7. The summed E-state index contributed by atoms with van der Waals surface area (Å²) in [6, 6.07) is 24.8. The Hall–Kier alpha value is -4.03. The van der Waals surface area contributed by atoms with E-state index in [0.717, 1.165) is 16.5 Å². The van der Waals surface area contributed by atoms with Gasteiger partial charge in [-0.3, -0.25) is 0 Å². The van der Waals surface area contributed by atoms with Crippen molar-refractivity contribution in [3.05, 3.63) is 101 Å². The average Bonchev–Trinajstić information content (AvgIpc) is 2.84. The number of anilines is 1. The van der Waals surface area contributed by atoms with Gasteiger partial charge in [-0.25, -0.2) is 10.2 Å². The molecule has 0 saturated heterocycles. The van der Waals surface area contributed by atoms with E-state index in [1.807, 2.05) is 49.4 Å². The van der Waals surface area contributed by atoms with E-state index in [-0.39, 0.29) is 0 Å². The molecule has 2 amide bonds. The van der Waals surface area contributed by atoms with E-state index in [4.69, 9.17) is 21.1 Å². The predicted octanol–water partition coefficient (Wildman–Crippen LogP) is 6.54. The fourth-order valence-corrected chi connectivity index (χ4v) is 3.74. The van der Waals surface area contributed by atoms with Crippen LogP contribution in [0.25, 0.3) is 10.8 Å². The van der Waals surface area contributed by atoms with Gasteiger partial charge in [0.1, 0.15) is 6.61 Å². The zero-order valence-corrected chi connectivity index (χ0v) is 19.6. The average molecular weight is 474 g/mol. The minimum atomic E-state index is -0.445. The molecular weight excluding hydrogens is 450 g/mol. The molecule has 7 heteroatoms. The van der Waals surface area contributed by atoms with Crippen LogP contribution in [0.5, 0.6) is 11.5 Å². The van der Waals surface area contributed by atoms with Crippen molar-refractivity contribution in [3.63, 3.8) is 0 Å². The second-order valence-corrected chi connectivity index (χ2v) is 8.05. The quantitative estimate of drug-likeness (QED) is 0.236. The molecule has 2 N–H and O–H groups in total. The lowest BCUT2D eigenvalue weighted by molar-refractivity contribution is 0.252. The van der Waals surface area contributed by atoms with E-state index in [1.54, 1.807) is 19.2 Å². The Bertz CT molecular complexity index is 1350. The van der Waals surface area contributed by atoms with Gasteiger partial charge in [0.2, 0.25) is 0 Å². The highest BCUT2D eigenvalue weighted by Gasteiger charge is 2.12. The number of amides is 2. The molecule has 0 aliphatic heterocycles. The Morgan fingerprint density at radius 1 is 1.00 bits per heavy atom. The van der Waals surface area contributed by atoms with E-state index < -0.39 is 6.03 Å². The number of hydrazone groups is 1. The number of nitrogens with zero attached hydrogens (tertiary/aromatic N) is 1. The standard InChI is InChI=1S/C27H24ClN3O3/c1-18-7-3-6-10-24(18)30-27(32)31-29-16-20-14-23(28)26(25(15-20)33-2)34-17-19-11-12-21-8-4-5-9-22(21)13-19/h3-16H,17H2,1-2H3,(H2,30,31,32). The van der Waals surface area contributed by atoms with Gasteiger partial charge in [0, 0.05) is 5.69 Å². The molecular formula is C27H24ClN3O3. The molecule has 4 aromatic carbocycles. The molecule has 4 aromatic rings. The third-order valence-electron chi connectivity index (χ3n) is 5.22. The lowest BCUT2D eigenvalue weighted by atomic mass is 10.1. The highest BCUT2D eigenvalue weighted by molar-refractivity contribution is 6.32. The molecule has 0 bridgehead atoms. The molecule has 0 heterocycles. The first kappa shape index (κ1) is 23.1. The van der Waals surface area contributed by atoms with Crippen LogP contribution in [0.4, 0.5) is 10.5 Å². The predicted molar refractivity (Wildman–Crippen MR) is 137 cm³/mol. The van der Waals surface area contributed by atoms with Crippen LogP contribution in [0.2, 0.25) is 5.02 Å². The third-order valence-corrected chi connectivity index (χ3v) is 5.50. The van der Waals surface area contributed by atoms with Crippen molar-refractivity contribution < 1.29 is 14.3 Å². The molecule has 0 spiro atoms. The normalized spacial score (nSPS) is 10.9. The van der Waals surface area contributed by atoms with Crippen LogP contribution in [-0.4, -0.2) is 19.4 Å². The number of carbonyl (C=O) groups is 1. The summed E-state index contributed by atoms with van der Waals surface area (Å²) >= 11 is 6.47. The highest BCUT2D eigenvalue weighted by Crippen LogP contribution is 2.36. The van der Waals surface area contributed by atoms with Gasteiger partial charge in [-0.05, 0) is 58.7 Å². The molecule has 0 aliphatic rings. The Morgan fingerprint density at radius 2 is 1.76 bits per heavy atom. The summed E-state index contributed by atoms with van der Waals surface area (Å²) in [6.07, 6.45) is 1.49. The van der Waals surface area contributed by atoms with Crippen molar-refractivity contribution in [2.45, 2.75) is 13.5 Å². The van der Waals surface area contributed by atoms with Crippen molar-refractivity contribution in [3.8, 4) is 11.5 Å². The number of halogens is 1. The number of ether oxygens (including phenoxy) is 2. The van der Waals surface area contributed by atoms with Gasteiger partial charge in [0.05, 0.1) is 18.3 Å². The number of hydrogen-bond donors (Lipinski definition) is 2. The number of urea groups is 1. The fraction of sp³-hybridized carbons (Fsp3) is 0.111. The number of nitrogens with one attached hydrogen (secondary N) is 2. The summed E-state index contributed by atoms with van der Waals surface area (Å²) in [4.78, 5) is 12.1. The summed E-state index contributed by atoms with van der Waals surface area (Å²) in [5, 5.41) is 9.44. The number of para-hydroxylation sites is 1. The van der Waals surface area contributed by atoms with Crippen molar-refractivity contribution in [1.29, 1.82) is 0 Å². The summed E-state index contributed by atoms with van der Waals surface area (Å²) < 4.78 is 11.5. The Balaban J connectivity index is 1.41. The van der Waals surface area contributed by atoms with E-state index in [9.17, 15) is 4.79 Å². The fourth-order valence-electron chi connectivity index (χ4n) is 3.47. The lowest BCUT2D eigenvalue weighted by Crippen LogP contribution is -2.24. The van der Waals surface area contributed by atoms with Gasteiger partial charge in [0.25, 0.3) is 0 Å². The lowest BCUT2D eigenvalue weighted by Gasteiger charge is -2.13. The first-order chi connectivity index (χ1) is 16.5. The zero-order chi connectivity index (χ0) is 23.9. The van der Waals surface area contributed by atoms with Crippen LogP contribution in [0, 0.1) is 6.92 Å². The molecule has 172 valence electrons. The van der Waals surface area contributed by atoms with Crippen molar-refractivity contribution in [2.24, 2.45) is 5.10 Å². The summed E-state index contributed by atoms with van der Waals surface area (Å²) in [7, 11) is 1.54. The highest BCUT2D eigenvalue weighted by atomic mass is 35.5. The minimum absolute atomic E-state index is 0.342. The van der Waals surface area contributed by atoms with Gasteiger partial charge in [-0.1, -0.05) is 66.2 Å². The molecule has 0 unspecified atom stereocenters. The van der Waals surface area contributed by atoms with E-state index in [2.05, 4.69) is 40.1 Å². The third kappa shape index (κ3) is 5.66. The number of aryl methyl sites for hydroxylation is 1. The summed E-state index contributed by atoms with van der Waals surface area (Å²) in [5.74, 6) is 0.916. The largest absolute Gasteiger partial charge is 0.493 e. The Labute approximate surface area is 203 Å².